The van der Waals surface area contributed by atoms with Crippen molar-refractivity contribution in [3.8, 4) is 5.75 Å². The molecule has 2 amide bonds. The molecule has 0 atom stereocenters. The molecule has 2 aromatic rings. The Labute approximate surface area is 174 Å². The third kappa shape index (κ3) is 4.95. The van der Waals surface area contributed by atoms with E-state index in [9.17, 15) is 14.4 Å². The Morgan fingerprint density at radius 1 is 1.00 bits per heavy atom. The van der Waals surface area contributed by atoms with Crippen LogP contribution in [-0.2, 0) is 4.74 Å². The number of carbonyl (C=O) groups is 3. The summed E-state index contributed by atoms with van der Waals surface area (Å²) in [7, 11) is 0. The summed E-state index contributed by atoms with van der Waals surface area (Å²) in [5.41, 5.74) is 0.786. The molecule has 0 N–H and O–H groups in total. The van der Waals surface area contributed by atoms with Crippen molar-refractivity contribution in [1.82, 2.24) is 4.90 Å². The number of benzene rings is 2. The number of imide groups is 1. The summed E-state index contributed by atoms with van der Waals surface area (Å²) in [6.07, 6.45) is 0.730. The summed E-state index contributed by atoms with van der Waals surface area (Å²) >= 11 is 5.81. The molecule has 6 nitrogen and oxygen atoms in total. The Kier molecular flexibility index (Phi) is 6.54. The highest BCUT2D eigenvalue weighted by molar-refractivity contribution is 6.30. The molecule has 0 aliphatic carbocycles. The Balaban J connectivity index is 1.57. The van der Waals surface area contributed by atoms with Gasteiger partial charge < -0.3 is 9.47 Å². The van der Waals surface area contributed by atoms with Gasteiger partial charge in [-0.05, 0) is 54.8 Å². The van der Waals surface area contributed by atoms with Gasteiger partial charge in [-0.15, -0.1) is 0 Å². The molecule has 0 unspecified atom stereocenters. The standard InChI is InChI=1S/C22H22ClNO5/c1-14(2)9-10-24-20(25)18-8-3-15(13-19(18)21(24)26)22(27)29-12-11-28-17-6-4-16(23)5-7-17/h3-8,13-14H,9-12H2,1-2H3. The number of nitrogens with zero attached hydrogens (tertiary/aromatic N) is 1. The zero-order chi connectivity index (χ0) is 21.0. The highest BCUT2D eigenvalue weighted by Crippen LogP contribution is 2.25. The fourth-order valence-electron chi connectivity index (χ4n) is 2.92. The second-order valence-corrected chi connectivity index (χ2v) is 7.58. The van der Waals surface area contributed by atoms with Crippen molar-refractivity contribution in [1.29, 1.82) is 0 Å². The first-order chi connectivity index (χ1) is 13.9. The molecule has 2 aromatic carbocycles. The van der Waals surface area contributed by atoms with Gasteiger partial charge in [0.1, 0.15) is 19.0 Å². The van der Waals surface area contributed by atoms with Crippen molar-refractivity contribution in [3.63, 3.8) is 0 Å². The van der Waals surface area contributed by atoms with Crippen LogP contribution in [0.15, 0.2) is 42.5 Å². The molecule has 0 saturated carbocycles. The Bertz CT molecular complexity index is 923. The van der Waals surface area contributed by atoms with E-state index in [-0.39, 0.29) is 36.2 Å². The first-order valence-electron chi connectivity index (χ1n) is 9.42. The summed E-state index contributed by atoms with van der Waals surface area (Å²) in [5, 5.41) is 0.608. The minimum Gasteiger partial charge on any atom is -0.490 e. The first-order valence-corrected chi connectivity index (χ1v) is 9.80. The molecule has 0 fully saturated rings. The van der Waals surface area contributed by atoms with E-state index in [4.69, 9.17) is 21.1 Å². The maximum atomic E-state index is 12.6. The molecule has 29 heavy (non-hydrogen) atoms. The fourth-order valence-corrected chi connectivity index (χ4v) is 3.04. The van der Waals surface area contributed by atoms with E-state index < -0.39 is 5.97 Å². The van der Waals surface area contributed by atoms with Gasteiger partial charge in [0.25, 0.3) is 11.8 Å². The van der Waals surface area contributed by atoms with Crippen LogP contribution in [0.3, 0.4) is 0 Å². The van der Waals surface area contributed by atoms with E-state index in [0.717, 1.165) is 6.42 Å². The molecule has 0 radical (unpaired) electrons. The lowest BCUT2D eigenvalue weighted by Gasteiger charge is -2.14. The van der Waals surface area contributed by atoms with Crippen molar-refractivity contribution in [3.05, 3.63) is 64.2 Å². The smallest absolute Gasteiger partial charge is 0.338 e. The molecule has 7 heteroatoms. The predicted octanol–water partition coefficient (Wildman–Crippen LogP) is 4.22. The summed E-state index contributed by atoms with van der Waals surface area (Å²) in [6.45, 7) is 4.66. The number of esters is 1. The van der Waals surface area contributed by atoms with E-state index in [1.54, 1.807) is 24.3 Å². The van der Waals surface area contributed by atoms with E-state index in [2.05, 4.69) is 0 Å². The van der Waals surface area contributed by atoms with E-state index >= 15 is 0 Å². The van der Waals surface area contributed by atoms with Gasteiger partial charge in [0.15, 0.2) is 0 Å². The van der Waals surface area contributed by atoms with Gasteiger partial charge in [0, 0.05) is 11.6 Å². The molecule has 1 aliphatic rings. The van der Waals surface area contributed by atoms with Gasteiger partial charge in [-0.2, -0.15) is 0 Å². The van der Waals surface area contributed by atoms with Crippen molar-refractivity contribution < 1.29 is 23.9 Å². The van der Waals surface area contributed by atoms with Gasteiger partial charge in [0.2, 0.25) is 0 Å². The van der Waals surface area contributed by atoms with Crippen molar-refractivity contribution >= 4 is 29.4 Å². The molecular formula is C22H22ClNO5. The largest absolute Gasteiger partial charge is 0.490 e. The fraction of sp³-hybridized carbons (Fsp3) is 0.318. The third-order valence-corrected chi connectivity index (χ3v) is 4.79. The number of amides is 2. The van der Waals surface area contributed by atoms with Crippen LogP contribution in [0.4, 0.5) is 0 Å². The minimum atomic E-state index is -0.576. The van der Waals surface area contributed by atoms with Gasteiger partial charge in [-0.3, -0.25) is 14.5 Å². The lowest BCUT2D eigenvalue weighted by Crippen LogP contribution is -2.31. The zero-order valence-electron chi connectivity index (χ0n) is 16.3. The van der Waals surface area contributed by atoms with Crippen molar-refractivity contribution in [2.24, 2.45) is 5.92 Å². The van der Waals surface area contributed by atoms with Crippen LogP contribution < -0.4 is 4.74 Å². The van der Waals surface area contributed by atoms with E-state index in [1.165, 1.54) is 23.1 Å². The summed E-state index contributed by atoms with van der Waals surface area (Å²) in [4.78, 5) is 38.5. The number of rotatable bonds is 8. The van der Waals surface area contributed by atoms with Gasteiger partial charge >= 0.3 is 5.97 Å². The molecule has 0 aromatic heterocycles. The summed E-state index contributed by atoms with van der Waals surface area (Å²) < 4.78 is 10.7. The lowest BCUT2D eigenvalue weighted by atomic mass is 10.1. The monoisotopic (exact) mass is 415 g/mol. The van der Waals surface area contributed by atoms with Gasteiger partial charge in [0.05, 0.1) is 16.7 Å². The average molecular weight is 416 g/mol. The van der Waals surface area contributed by atoms with Gasteiger partial charge in [-0.1, -0.05) is 25.4 Å². The Hall–Kier alpha value is -2.86. The van der Waals surface area contributed by atoms with Crippen LogP contribution in [0.2, 0.25) is 5.02 Å². The molecule has 0 saturated heterocycles. The second-order valence-electron chi connectivity index (χ2n) is 7.14. The Morgan fingerprint density at radius 3 is 2.38 bits per heavy atom. The second kappa shape index (κ2) is 9.09. The number of hydrogen-bond acceptors (Lipinski definition) is 5. The number of hydrogen-bond donors (Lipinski definition) is 0. The number of carbonyl (C=O) groups excluding carboxylic acids is 3. The minimum absolute atomic E-state index is 0.0476. The van der Waals surface area contributed by atoms with Crippen LogP contribution in [0.5, 0.6) is 5.75 Å². The van der Waals surface area contributed by atoms with Crippen LogP contribution in [-0.4, -0.2) is 42.4 Å². The molecule has 0 bridgehead atoms. The zero-order valence-corrected chi connectivity index (χ0v) is 17.1. The van der Waals surface area contributed by atoms with E-state index in [0.29, 0.717) is 28.8 Å². The maximum absolute atomic E-state index is 12.6. The molecule has 1 heterocycles. The summed E-state index contributed by atoms with van der Waals surface area (Å²) in [6, 6.07) is 11.3. The molecule has 0 spiro atoms. The third-order valence-electron chi connectivity index (χ3n) is 4.54. The Morgan fingerprint density at radius 2 is 1.69 bits per heavy atom. The van der Waals surface area contributed by atoms with Crippen molar-refractivity contribution in [2.45, 2.75) is 20.3 Å². The molecule has 3 rings (SSSR count). The molecule has 152 valence electrons. The predicted molar refractivity (Wildman–Crippen MR) is 108 cm³/mol. The quantitative estimate of drug-likeness (QED) is 0.366. The summed E-state index contributed by atoms with van der Waals surface area (Å²) in [5.74, 6) is -0.268. The highest BCUT2D eigenvalue weighted by Gasteiger charge is 2.35. The topological polar surface area (TPSA) is 72.9 Å². The van der Waals surface area contributed by atoms with Crippen molar-refractivity contribution in [2.75, 3.05) is 19.8 Å². The maximum Gasteiger partial charge on any atom is 0.338 e. The van der Waals surface area contributed by atoms with Crippen LogP contribution in [0.1, 0.15) is 51.3 Å². The van der Waals surface area contributed by atoms with E-state index in [1.807, 2.05) is 13.8 Å². The number of fused-ring (bicyclic) bond motifs is 1. The van der Waals surface area contributed by atoms with Gasteiger partial charge in [-0.25, -0.2) is 4.79 Å². The first kappa shape index (κ1) is 20.9. The lowest BCUT2D eigenvalue weighted by molar-refractivity contribution is 0.0450. The van der Waals surface area contributed by atoms with Crippen LogP contribution in [0.25, 0.3) is 0 Å². The molecular weight excluding hydrogens is 394 g/mol. The van der Waals surface area contributed by atoms with Crippen LogP contribution in [0, 0.1) is 5.92 Å². The average Bonchev–Trinajstić information content (AvgIpc) is 2.94. The molecule has 1 aliphatic heterocycles. The normalized spacial score (nSPS) is 13.0. The number of ether oxygens (including phenoxy) is 2. The number of halogens is 1. The SMILES string of the molecule is CC(C)CCN1C(=O)c2ccc(C(=O)OCCOc3ccc(Cl)cc3)cc2C1=O. The van der Waals surface area contributed by atoms with Crippen LogP contribution >= 0.6 is 11.6 Å². The highest BCUT2D eigenvalue weighted by atomic mass is 35.5.